The maximum absolute atomic E-state index is 12.1. The number of aliphatic imine (C=N–C) groups is 1. The minimum absolute atomic E-state index is 0.104. The van der Waals surface area contributed by atoms with Crippen molar-refractivity contribution >= 4 is 11.9 Å². The van der Waals surface area contributed by atoms with Crippen LogP contribution in [0.25, 0.3) is 0 Å². The van der Waals surface area contributed by atoms with Crippen LogP contribution in [-0.2, 0) is 11.2 Å². The third-order valence-electron chi connectivity index (χ3n) is 3.60. The highest BCUT2D eigenvalue weighted by molar-refractivity contribution is 6.02. The molecule has 126 valence electrons. The third-order valence-corrected chi connectivity index (χ3v) is 3.60. The van der Waals surface area contributed by atoms with E-state index in [-0.39, 0.29) is 12.4 Å². The van der Waals surface area contributed by atoms with Crippen molar-refractivity contribution in [3.05, 3.63) is 17.7 Å². The van der Waals surface area contributed by atoms with Crippen LogP contribution in [0.15, 0.2) is 17.1 Å². The lowest BCUT2D eigenvalue weighted by Crippen LogP contribution is -2.65. The maximum atomic E-state index is 12.1. The minimum Gasteiger partial charge on any atom is -0.493 e. The van der Waals surface area contributed by atoms with Crippen molar-refractivity contribution in [1.29, 1.82) is 0 Å². The molecule has 2 rings (SSSR count). The number of aliphatic hydroxyl groups is 1. The van der Waals surface area contributed by atoms with Gasteiger partial charge in [-0.15, -0.1) is 0 Å². The Morgan fingerprint density at radius 3 is 2.26 bits per heavy atom. The van der Waals surface area contributed by atoms with Crippen molar-refractivity contribution < 1.29 is 24.1 Å². The van der Waals surface area contributed by atoms with Gasteiger partial charge in [0.1, 0.15) is 6.17 Å². The largest absolute Gasteiger partial charge is 0.493 e. The second-order valence-corrected chi connectivity index (χ2v) is 5.05. The molecule has 0 fully saturated rings. The molecule has 2 atom stereocenters. The highest BCUT2D eigenvalue weighted by Gasteiger charge is 2.45. The zero-order chi connectivity index (χ0) is 17.2. The van der Waals surface area contributed by atoms with E-state index in [1.165, 1.54) is 21.3 Å². The van der Waals surface area contributed by atoms with Crippen molar-refractivity contribution in [2.24, 2.45) is 16.5 Å². The molecule has 1 aliphatic heterocycles. The van der Waals surface area contributed by atoms with Crippen molar-refractivity contribution in [3.8, 4) is 17.2 Å². The standard InChI is InChI=1S/C14H20N4O5/c1-21-8-4-7(5-9(22-2)10(8)23-3)6-14(20)11(15)17-13(16)18-12(14)19/h4-5,11,20H,6,15H2,1-3H3,(H3,16,17,18,19). The molecular formula is C14H20N4O5. The predicted octanol–water partition coefficient (Wildman–Crippen LogP) is -1.28. The zero-order valence-electron chi connectivity index (χ0n) is 13.1. The van der Waals surface area contributed by atoms with E-state index in [0.717, 1.165) is 0 Å². The molecule has 1 amide bonds. The second kappa shape index (κ2) is 6.31. The van der Waals surface area contributed by atoms with Crippen LogP contribution in [-0.4, -0.2) is 50.1 Å². The predicted molar refractivity (Wildman–Crippen MR) is 82.5 cm³/mol. The molecular weight excluding hydrogens is 304 g/mol. The number of methoxy groups -OCH3 is 3. The van der Waals surface area contributed by atoms with Crippen LogP contribution >= 0.6 is 0 Å². The Kier molecular flexibility index (Phi) is 4.62. The van der Waals surface area contributed by atoms with Crippen LogP contribution in [0.4, 0.5) is 0 Å². The first kappa shape index (κ1) is 16.8. The molecule has 0 saturated carbocycles. The fraction of sp³-hybridized carbons (Fsp3) is 0.429. The summed E-state index contributed by atoms with van der Waals surface area (Å²) in [5.41, 5.74) is 9.82. The monoisotopic (exact) mass is 324 g/mol. The van der Waals surface area contributed by atoms with Gasteiger partial charge in [0, 0.05) is 6.42 Å². The molecule has 0 saturated heterocycles. The Bertz CT molecular complexity index is 623. The average molecular weight is 324 g/mol. The Hall–Kier alpha value is -2.52. The number of nitrogens with zero attached hydrogens (tertiary/aromatic N) is 1. The molecule has 1 aliphatic rings. The number of hydrogen-bond donors (Lipinski definition) is 4. The number of amides is 1. The zero-order valence-corrected chi connectivity index (χ0v) is 13.1. The highest BCUT2D eigenvalue weighted by atomic mass is 16.5. The van der Waals surface area contributed by atoms with E-state index in [9.17, 15) is 9.90 Å². The van der Waals surface area contributed by atoms with Gasteiger partial charge in [0.2, 0.25) is 5.75 Å². The summed E-state index contributed by atoms with van der Waals surface area (Å²) in [6.07, 6.45) is -1.29. The highest BCUT2D eigenvalue weighted by Crippen LogP contribution is 2.39. The molecule has 1 aromatic carbocycles. The lowest BCUT2D eigenvalue weighted by molar-refractivity contribution is -0.141. The van der Waals surface area contributed by atoms with Crippen LogP contribution in [0.5, 0.6) is 17.2 Å². The minimum atomic E-state index is -1.94. The Labute approximate surface area is 133 Å². The molecule has 0 radical (unpaired) electrons. The third kappa shape index (κ3) is 3.01. The smallest absolute Gasteiger partial charge is 0.262 e. The van der Waals surface area contributed by atoms with Crippen LogP contribution in [0.1, 0.15) is 5.56 Å². The summed E-state index contributed by atoms with van der Waals surface area (Å²) >= 11 is 0. The summed E-state index contributed by atoms with van der Waals surface area (Å²) in [6.45, 7) is 0. The molecule has 0 spiro atoms. The van der Waals surface area contributed by atoms with E-state index in [1.54, 1.807) is 12.1 Å². The topological polar surface area (TPSA) is 141 Å². The fourth-order valence-corrected chi connectivity index (χ4v) is 2.38. The molecule has 6 N–H and O–H groups in total. The molecule has 0 aromatic heterocycles. The van der Waals surface area contributed by atoms with Crippen LogP contribution in [0, 0.1) is 0 Å². The summed E-state index contributed by atoms with van der Waals surface area (Å²) in [4.78, 5) is 15.9. The molecule has 0 bridgehead atoms. The number of rotatable bonds is 5. The fourth-order valence-electron chi connectivity index (χ4n) is 2.38. The number of nitrogens with two attached hydrogens (primary N) is 2. The number of benzene rings is 1. The summed E-state index contributed by atoms with van der Waals surface area (Å²) in [7, 11) is 4.43. The SMILES string of the molecule is COc1cc(CC2(O)C(=O)NC(N)=NC2N)cc(OC)c1OC. The van der Waals surface area contributed by atoms with E-state index in [0.29, 0.717) is 22.8 Å². The summed E-state index contributed by atoms with van der Waals surface area (Å²) < 4.78 is 15.7. The van der Waals surface area contributed by atoms with Gasteiger partial charge in [0.05, 0.1) is 21.3 Å². The van der Waals surface area contributed by atoms with Gasteiger partial charge in [-0.1, -0.05) is 0 Å². The summed E-state index contributed by atoms with van der Waals surface area (Å²) in [6, 6.07) is 3.25. The van der Waals surface area contributed by atoms with Crippen molar-refractivity contribution in [2.75, 3.05) is 21.3 Å². The number of carbonyl (C=O) groups is 1. The van der Waals surface area contributed by atoms with Crippen molar-refractivity contribution in [3.63, 3.8) is 0 Å². The van der Waals surface area contributed by atoms with E-state index >= 15 is 0 Å². The van der Waals surface area contributed by atoms with Gasteiger partial charge < -0.3 is 30.8 Å². The summed E-state index contributed by atoms with van der Waals surface area (Å²) in [5, 5.41) is 12.9. The average Bonchev–Trinajstić information content (AvgIpc) is 2.51. The molecule has 2 unspecified atom stereocenters. The van der Waals surface area contributed by atoms with Gasteiger partial charge in [-0.2, -0.15) is 0 Å². The van der Waals surface area contributed by atoms with Crippen molar-refractivity contribution in [1.82, 2.24) is 5.32 Å². The van der Waals surface area contributed by atoms with Crippen LogP contribution in [0.3, 0.4) is 0 Å². The first-order valence-electron chi connectivity index (χ1n) is 6.77. The van der Waals surface area contributed by atoms with E-state index < -0.39 is 17.7 Å². The molecule has 1 aromatic rings. The lowest BCUT2D eigenvalue weighted by Gasteiger charge is -2.33. The second-order valence-electron chi connectivity index (χ2n) is 5.05. The first-order chi connectivity index (χ1) is 10.8. The lowest BCUT2D eigenvalue weighted by atomic mass is 9.89. The molecule has 9 nitrogen and oxygen atoms in total. The number of guanidine groups is 1. The molecule has 23 heavy (non-hydrogen) atoms. The van der Waals surface area contributed by atoms with E-state index in [1.807, 2.05) is 0 Å². The Morgan fingerprint density at radius 1 is 1.26 bits per heavy atom. The Morgan fingerprint density at radius 2 is 1.83 bits per heavy atom. The van der Waals surface area contributed by atoms with Gasteiger partial charge in [0.15, 0.2) is 23.1 Å². The number of ether oxygens (including phenoxy) is 3. The normalized spacial score (nSPS) is 23.8. The molecule has 1 heterocycles. The van der Waals surface area contributed by atoms with Crippen LogP contribution < -0.4 is 31.0 Å². The maximum Gasteiger partial charge on any atom is 0.262 e. The molecule has 0 aliphatic carbocycles. The number of hydrogen-bond acceptors (Lipinski definition) is 8. The van der Waals surface area contributed by atoms with Gasteiger partial charge in [-0.05, 0) is 17.7 Å². The van der Waals surface area contributed by atoms with Gasteiger partial charge >= 0.3 is 0 Å². The number of carbonyl (C=O) groups excluding carboxylic acids is 1. The van der Waals surface area contributed by atoms with Crippen molar-refractivity contribution in [2.45, 2.75) is 18.2 Å². The van der Waals surface area contributed by atoms with Gasteiger partial charge in [-0.25, -0.2) is 4.99 Å². The molecule has 9 heteroatoms. The quantitative estimate of drug-likeness (QED) is 0.528. The number of nitrogens with one attached hydrogen (secondary N) is 1. The first-order valence-corrected chi connectivity index (χ1v) is 6.77. The van der Waals surface area contributed by atoms with Crippen LogP contribution in [0.2, 0.25) is 0 Å². The Balaban J connectivity index is 2.41. The van der Waals surface area contributed by atoms with Gasteiger partial charge in [0.25, 0.3) is 5.91 Å². The van der Waals surface area contributed by atoms with Gasteiger partial charge in [-0.3, -0.25) is 10.1 Å². The van der Waals surface area contributed by atoms with E-state index in [2.05, 4.69) is 10.3 Å². The summed E-state index contributed by atoms with van der Waals surface area (Å²) in [5.74, 6) is 0.366. The van der Waals surface area contributed by atoms with E-state index in [4.69, 9.17) is 25.7 Å².